The fourth-order valence-corrected chi connectivity index (χ4v) is 3.94. The molecule has 5 nitrogen and oxygen atoms in total. The summed E-state index contributed by atoms with van der Waals surface area (Å²) in [5.41, 5.74) is 3.34. The van der Waals surface area contributed by atoms with Gasteiger partial charge in [-0.2, -0.15) is 0 Å². The van der Waals surface area contributed by atoms with Crippen LogP contribution < -0.4 is 4.90 Å². The van der Waals surface area contributed by atoms with Crippen molar-refractivity contribution in [3.8, 4) is 0 Å². The summed E-state index contributed by atoms with van der Waals surface area (Å²) < 4.78 is 5.85. The standard InChI is InChI=1S/C22H27N3O2/c26-22-7-3-13-25(22)20-10-8-18(9-11-20)15-24(17-21-6-4-14-27-21)16-19-5-1-2-12-23-19/h1-2,5,8-12,21H,3-4,6-7,13-17H2. The number of ether oxygens (including phenoxy) is 1. The molecule has 0 saturated carbocycles. The number of amides is 1. The van der Waals surface area contributed by atoms with Gasteiger partial charge >= 0.3 is 0 Å². The number of carbonyl (C=O) groups excluding carboxylic acids is 1. The topological polar surface area (TPSA) is 45.7 Å². The molecule has 2 aromatic rings. The van der Waals surface area contributed by atoms with Crippen LogP contribution in [0.15, 0.2) is 48.7 Å². The van der Waals surface area contributed by atoms with E-state index in [1.54, 1.807) is 0 Å². The van der Waals surface area contributed by atoms with Crippen LogP contribution in [0, 0.1) is 0 Å². The van der Waals surface area contributed by atoms with Gasteiger partial charge in [0.05, 0.1) is 11.8 Å². The van der Waals surface area contributed by atoms with Crippen molar-refractivity contribution in [3.05, 3.63) is 59.9 Å². The zero-order valence-electron chi connectivity index (χ0n) is 15.7. The molecule has 0 N–H and O–H groups in total. The van der Waals surface area contributed by atoms with Gasteiger partial charge in [0.25, 0.3) is 0 Å². The highest BCUT2D eigenvalue weighted by Crippen LogP contribution is 2.23. The number of rotatable bonds is 7. The molecule has 142 valence electrons. The minimum absolute atomic E-state index is 0.234. The van der Waals surface area contributed by atoms with Gasteiger partial charge in [-0.05, 0) is 49.1 Å². The maximum atomic E-state index is 11.9. The molecule has 0 radical (unpaired) electrons. The van der Waals surface area contributed by atoms with Crippen molar-refractivity contribution in [3.63, 3.8) is 0 Å². The highest BCUT2D eigenvalue weighted by atomic mass is 16.5. The van der Waals surface area contributed by atoms with E-state index in [9.17, 15) is 4.79 Å². The molecule has 4 rings (SSSR count). The van der Waals surface area contributed by atoms with Gasteiger partial charge in [-0.3, -0.25) is 14.7 Å². The number of pyridine rings is 1. The van der Waals surface area contributed by atoms with E-state index in [0.717, 1.165) is 63.4 Å². The van der Waals surface area contributed by atoms with Crippen LogP contribution in [0.5, 0.6) is 0 Å². The van der Waals surface area contributed by atoms with Crippen molar-refractivity contribution in [2.24, 2.45) is 0 Å². The average molecular weight is 365 g/mol. The highest BCUT2D eigenvalue weighted by molar-refractivity contribution is 5.95. The molecule has 1 aromatic heterocycles. The molecule has 2 aliphatic rings. The molecule has 5 heteroatoms. The van der Waals surface area contributed by atoms with Crippen molar-refractivity contribution < 1.29 is 9.53 Å². The van der Waals surface area contributed by atoms with Crippen LogP contribution in [-0.4, -0.2) is 41.6 Å². The van der Waals surface area contributed by atoms with Gasteiger partial charge in [-0.25, -0.2) is 0 Å². The first kappa shape index (κ1) is 18.1. The summed E-state index contributed by atoms with van der Waals surface area (Å²) in [5.74, 6) is 0.234. The lowest BCUT2D eigenvalue weighted by Gasteiger charge is -2.25. The third kappa shape index (κ3) is 4.73. The van der Waals surface area contributed by atoms with Crippen LogP contribution in [-0.2, 0) is 22.6 Å². The Balaban J connectivity index is 1.44. The lowest BCUT2D eigenvalue weighted by molar-refractivity contribution is -0.117. The van der Waals surface area contributed by atoms with Crippen LogP contribution in [0.3, 0.4) is 0 Å². The molecule has 27 heavy (non-hydrogen) atoms. The van der Waals surface area contributed by atoms with E-state index in [0.29, 0.717) is 12.5 Å². The summed E-state index contributed by atoms with van der Waals surface area (Å²) in [5, 5.41) is 0. The van der Waals surface area contributed by atoms with E-state index < -0.39 is 0 Å². The first-order valence-corrected chi connectivity index (χ1v) is 9.91. The summed E-state index contributed by atoms with van der Waals surface area (Å²) in [7, 11) is 0. The van der Waals surface area contributed by atoms with Crippen LogP contribution in [0.25, 0.3) is 0 Å². The predicted molar refractivity (Wildman–Crippen MR) is 105 cm³/mol. The van der Waals surface area contributed by atoms with Gasteiger partial charge in [0.15, 0.2) is 0 Å². The number of carbonyl (C=O) groups is 1. The van der Waals surface area contributed by atoms with E-state index in [4.69, 9.17) is 4.74 Å². The van der Waals surface area contributed by atoms with E-state index in [1.165, 1.54) is 5.56 Å². The molecule has 0 aliphatic carbocycles. The molecular weight excluding hydrogens is 338 g/mol. The number of anilines is 1. The summed E-state index contributed by atoms with van der Waals surface area (Å²) in [6.45, 7) is 4.30. The van der Waals surface area contributed by atoms with Gasteiger partial charge in [-0.15, -0.1) is 0 Å². The van der Waals surface area contributed by atoms with Gasteiger partial charge < -0.3 is 9.64 Å². The van der Waals surface area contributed by atoms with Crippen molar-refractivity contribution in [1.29, 1.82) is 0 Å². The van der Waals surface area contributed by atoms with Crippen molar-refractivity contribution in [2.75, 3.05) is 24.6 Å². The minimum Gasteiger partial charge on any atom is -0.377 e. The van der Waals surface area contributed by atoms with Gasteiger partial charge in [0.1, 0.15) is 0 Å². The minimum atomic E-state index is 0.234. The number of nitrogens with zero attached hydrogens (tertiary/aromatic N) is 3. The Bertz CT molecular complexity index is 742. The maximum absolute atomic E-state index is 11.9. The van der Waals surface area contributed by atoms with E-state index >= 15 is 0 Å². The molecule has 0 spiro atoms. The van der Waals surface area contributed by atoms with Crippen LogP contribution in [0.1, 0.15) is 36.9 Å². The Morgan fingerprint density at radius 1 is 1.11 bits per heavy atom. The Kier molecular flexibility index (Phi) is 5.80. The number of hydrogen-bond acceptors (Lipinski definition) is 4. The van der Waals surface area contributed by atoms with Crippen LogP contribution in [0.4, 0.5) is 5.69 Å². The quantitative estimate of drug-likeness (QED) is 0.755. The monoisotopic (exact) mass is 365 g/mol. The zero-order valence-corrected chi connectivity index (χ0v) is 15.7. The van der Waals surface area contributed by atoms with Crippen molar-refractivity contribution in [2.45, 2.75) is 44.9 Å². The Hall–Kier alpha value is -2.24. The summed E-state index contributed by atoms with van der Waals surface area (Å²) in [4.78, 5) is 20.7. The summed E-state index contributed by atoms with van der Waals surface area (Å²) >= 11 is 0. The average Bonchev–Trinajstić information content (AvgIpc) is 3.35. The molecule has 3 heterocycles. The Morgan fingerprint density at radius 3 is 2.67 bits per heavy atom. The number of benzene rings is 1. The largest absolute Gasteiger partial charge is 0.377 e. The predicted octanol–water partition coefficient (Wildman–Crippen LogP) is 3.39. The highest BCUT2D eigenvalue weighted by Gasteiger charge is 2.22. The summed E-state index contributed by atoms with van der Waals surface area (Å²) in [6, 6.07) is 14.5. The molecule has 1 atom stereocenters. The number of aromatic nitrogens is 1. The molecule has 1 aromatic carbocycles. The first-order chi connectivity index (χ1) is 13.3. The summed E-state index contributed by atoms with van der Waals surface area (Å²) in [6.07, 6.45) is 6.08. The van der Waals surface area contributed by atoms with Crippen molar-refractivity contribution in [1.82, 2.24) is 9.88 Å². The molecule has 1 unspecified atom stereocenters. The number of hydrogen-bond donors (Lipinski definition) is 0. The van der Waals surface area contributed by atoms with E-state index in [-0.39, 0.29) is 5.91 Å². The molecular formula is C22H27N3O2. The lowest BCUT2D eigenvalue weighted by atomic mass is 10.1. The Labute approximate surface area is 161 Å². The Morgan fingerprint density at radius 2 is 2.00 bits per heavy atom. The van der Waals surface area contributed by atoms with Gasteiger partial charge in [0, 0.05) is 51.1 Å². The fraction of sp³-hybridized carbons (Fsp3) is 0.455. The third-order valence-electron chi connectivity index (χ3n) is 5.33. The van der Waals surface area contributed by atoms with E-state index in [2.05, 4.69) is 40.2 Å². The van der Waals surface area contributed by atoms with Gasteiger partial charge in [-0.1, -0.05) is 18.2 Å². The van der Waals surface area contributed by atoms with Crippen LogP contribution in [0.2, 0.25) is 0 Å². The second-order valence-electron chi connectivity index (χ2n) is 7.44. The zero-order chi connectivity index (χ0) is 18.5. The lowest BCUT2D eigenvalue weighted by Crippen LogP contribution is -2.31. The molecule has 2 fully saturated rings. The maximum Gasteiger partial charge on any atom is 0.227 e. The second-order valence-corrected chi connectivity index (χ2v) is 7.44. The third-order valence-corrected chi connectivity index (χ3v) is 5.33. The van der Waals surface area contributed by atoms with E-state index in [1.807, 2.05) is 23.2 Å². The molecule has 1 amide bonds. The smallest absolute Gasteiger partial charge is 0.227 e. The first-order valence-electron chi connectivity index (χ1n) is 9.91. The molecule has 0 bridgehead atoms. The second kappa shape index (κ2) is 8.63. The fourth-order valence-electron chi connectivity index (χ4n) is 3.94. The SMILES string of the molecule is O=C1CCCN1c1ccc(CN(Cc2ccccn2)CC2CCCO2)cc1. The van der Waals surface area contributed by atoms with Crippen molar-refractivity contribution >= 4 is 11.6 Å². The molecule has 2 aliphatic heterocycles. The van der Waals surface area contributed by atoms with Crippen LogP contribution >= 0.6 is 0 Å². The molecule has 2 saturated heterocycles. The van der Waals surface area contributed by atoms with Gasteiger partial charge in [0.2, 0.25) is 5.91 Å². The normalized spacial score (nSPS) is 20.0.